The monoisotopic (exact) mass is 814 g/mol. The van der Waals surface area contributed by atoms with Gasteiger partial charge in [-0.25, -0.2) is 4.79 Å². The molecule has 0 bridgehead atoms. The molecule has 1 aliphatic rings. The second-order valence-corrected chi connectivity index (χ2v) is 15.2. The minimum Gasteiger partial charge on any atom is -0.449 e. The van der Waals surface area contributed by atoms with E-state index in [9.17, 15) is 4.79 Å². The fourth-order valence-electron chi connectivity index (χ4n) is 7.19. The Labute approximate surface area is 351 Å². The summed E-state index contributed by atoms with van der Waals surface area (Å²) < 4.78 is 44.7. The highest BCUT2D eigenvalue weighted by molar-refractivity contribution is 5.79. The number of carbonyl (C=O) groups is 1. The second kappa shape index (κ2) is 36.3. The van der Waals surface area contributed by atoms with Crippen molar-refractivity contribution >= 4 is 6.09 Å². The molecule has 1 aliphatic carbocycles. The number of nitrogens with one attached hydrogen (secondary N) is 1. The maximum absolute atomic E-state index is 12.3. The van der Waals surface area contributed by atoms with Gasteiger partial charge in [0.05, 0.1) is 79.3 Å². The molecule has 2 aromatic rings. The molecule has 0 atom stereocenters. The van der Waals surface area contributed by atoms with Gasteiger partial charge in [-0.15, -0.1) is 0 Å². The van der Waals surface area contributed by atoms with Gasteiger partial charge in [-0.2, -0.15) is 0 Å². The van der Waals surface area contributed by atoms with Crippen LogP contribution in [0.5, 0.6) is 0 Å². The summed E-state index contributed by atoms with van der Waals surface area (Å²) in [6.45, 7) is 10.9. The smallest absolute Gasteiger partial charge is 0.407 e. The molecule has 0 unspecified atom stereocenters. The molecule has 330 valence electrons. The summed E-state index contributed by atoms with van der Waals surface area (Å²) in [7, 11) is 0. The summed E-state index contributed by atoms with van der Waals surface area (Å²) in [6, 6.07) is 16.6. The molecular formula is C48H79NO9. The minimum atomic E-state index is -0.406. The van der Waals surface area contributed by atoms with Crippen molar-refractivity contribution in [3.8, 4) is 11.1 Å². The molecule has 10 nitrogen and oxygen atoms in total. The third-order valence-corrected chi connectivity index (χ3v) is 10.5. The van der Waals surface area contributed by atoms with Crippen molar-refractivity contribution < 1.29 is 42.7 Å². The average Bonchev–Trinajstić information content (AvgIpc) is 3.57. The quantitative estimate of drug-likeness (QED) is 0.0658. The van der Waals surface area contributed by atoms with Crippen LogP contribution in [0, 0.1) is 0 Å². The van der Waals surface area contributed by atoms with Crippen molar-refractivity contribution in [2.45, 2.75) is 122 Å². The number of alkyl carbamates (subject to hydrolysis) is 1. The van der Waals surface area contributed by atoms with Crippen molar-refractivity contribution in [1.29, 1.82) is 0 Å². The molecule has 58 heavy (non-hydrogen) atoms. The molecule has 0 aliphatic heterocycles. The lowest BCUT2D eigenvalue weighted by Crippen LogP contribution is -2.27. The van der Waals surface area contributed by atoms with E-state index in [0.29, 0.717) is 105 Å². The first-order valence-electron chi connectivity index (χ1n) is 22.9. The van der Waals surface area contributed by atoms with E-state index < -0.39 is 6.09 Å². The Morgan fingerprint density at radius 2 is 0.759 bits per heavy atom. The molecule has 0 radical (unpaired) electrons. The molecule has 2 aromatic carbocycles. The van der Waals surface area contributed by atoms with E-state index in [1.54, 1.807) is 0 Å². The number of benzene rings is 2. The van der Waals surface area contributed by atoms with Gasteiger partial charge in [-0.1, -0.05) is 152 Å². The van der Waals surface area contributed by atoms with Gasteiger partial charge in [0.2, 0.25) is 0 Å². The van der Waals surface area contributed by atoms with Crippen LogP contribution in [0.15, 0.2) is 48.5 Å². The first-order valence-corrected chi connectivity index (χ1v) is 22.9. The Kier molecular flexibility index (Phi) is 31.2. The Morgan fingerprint density at radius 3 is 1.16 bits per heavy atom. The molecule has 0 heterocycles. The average molecular weight is 814 g/mol. The Hall–Kier alpha value is -2.57. The molecule has 0 spiro atoms. The third kappa shape index (κ3) is 24.5. The van der Waals surface area contributed by atoms with Gasteiger partial charge in [-0.05, 0) is 35.1 Å². The van der Waals surface area contributed by atoms with Gasteiger partial charge >= 0.3 is 6.09 Å². The molecule has 10 heteroatoms. The number of ether oxygens (including phenoxy) is 8. The van der Waals surface area contributed by atoms with Crippen molar-refractivity contribution in [2.75, 3.05) is 106 Å². The van der Waals surface area contributed by atoms with Gasteiger partial charge in [0.15, 0.2) is 0 Å². The number of hydrogen-bond acceptors (Lipinski definition) is 9. The topological polar surface area (TPSA) is 103 Å². The predicted octanol–water partition coefficient (Wildman–Crippen LogP) is 10.3. The van der Waals surface area contributed by atoms with Crippen LogP contribution in [0.3, 0.4) is 0 Å². The normalized spacial score (nSPS) is 12.2. The van der Waals surface area contributed by atoms with Crippen molar-refractivity contribution in [3.05, 3.63) is 59.7 Å². The zero-order valence-corrected chi connectivity index (χ0v) is 36.2. The van der Waals surface area contributed by atoms with Crippen LogP contribution in [0.2, 0.25) is 0 Å². The molecule has 0 aromatic heterocycles. The molecule has 1 amide bonds. The van der Waals surface area contributed by atoms with Crippen LogP contribution in [-0.2, 0) is 37.9 Å². The minimum absolute atomic E-state index is 0.0567. The van der Waals surface area contributed by atoms with E-state index in [1.807, 2.05) is 24.3 Å². The van der Waals surface area contributed by atoms with E-state index in [4.69, 9.17) is 37.9 Å². The SMILES string of the molecule is CCCCCCCCCCCCCCCCCCOCCOCCOCCOCCOCCOCCOCCCNC(=O)OCC1c2ccccc2-c2ccccc21. The van der Waals surface area contributed by atoms with Gasteiger partial charge in [0.25, 0.3) is 0 Å². The number of fused-ring (bicyclic) bond motifs is 3. The lowest BCUT2D eigenvalue weighted by molar-refractivity contribution is -0.0206. The zero-order valence-electron chi connectivity index (χ0n) is 36.2. The lowest BCUT2D eigenvalue weighted by Gasteiger charge is -2.14. The van der Waals surface area contributed by atoms with Crippen LogP contribution in [0.25, 0.3) is 11.1 Å². The summed E-state index contributed by atoms with van der Waals surface area (Å²) in [5.41, 5.74) is 4.84. The number of unbranched alkanes of at least 4 members (excludes halogenated alkanes) is 15. The van der Waals surface area contributed by atoms with Crippen molar-refractivity contribution in [2.24, 2.45) is 0 Å². The summed E-state index contributed by atoms with van der Waals surface area (Å²) in [5, 5.41) is 2.82. The predicted molar refractivity (Wildman–Crippen MR) is 233 cm³/mol. The first-order chi connectivity index (χ1) is 28.8. The fraction of sp³-hybridized carbons (Fsp3) is 0.729. The van der Waals surface area contributed by atoms with Crippen molar-refractivity contribution in [1.82, 2.24) is 5.32 Å². The molecule has 1 N–H and O–H groups in total. The van der Waals surface area contributed by atoms with Crippen LogP contribution in [0.1, 0.15) is 133 Å². The van der Waals surface area contributed by atoms with E-state index in [0.717, 1.165) is 13.0 Å². The van der Waals surface area contributed by atoms with Crippen LogP contribution in [-0.4, -0.2) is 112 Å². The fourth-order valence-corrected chi connectivity index (χ4v) is 7.19. The summed E-state index contributed by atoms with van der Waals surface area (Å²) in [4.78, 5) is 12.3. The number of rotatable bonds is 41. The highest BCUT2D eigenvalue weighted by Crippen LogP contribution is 2.44. The lowest BCUT2D eigenvalue weighted by atomic mass is 9.98. The van der Waals surface area contributed by atoms with Gasteiger partial charge in [0, 0.05) is 25.7 Å². The Bertz CT molecular complexity index is 1200. The van der Waals surface area contributed by atoms with Gasteiger partial charge in [0.1, 0.15) is 6.61 Å². The maximum atomic E-state index is 12.3. The zero-order chi connectivity index (χ0) is 40.8. The van der Waals surface area contributed by atoms with Crippen LogP contribution in [0.4, 0.5) is 4.79 Å². The van der Waals surface area contributed by atoms with Crippen LogP contribution >= 0.6 is 0 Å². The maximum Gasteiger partial charge on any atom is 0.407 e. The van der Waals surface area contributed by atoms with Gasteiger partial charge < -0.3 is 43.2 Å². The molecular weight excluding hydrogens is 735 g/mol. The number of hydrogen-bond donors (Lipinski definition) is 1. The Morgan fingerprint density at radius 1 is 0.431 bits per heavy atom. The summed E-state index contributed by atoms with van der Waals surface area (Å²) in [5.74, 6) is 0.0567. The largest absolute Gasteiger partial charge is 0.449 e. The van der Waals surface area contributed by atoms with E-state index in [1.165, 1.54) is 119 Å². The third-order valence-electron chi connectivity index (χ3n) is 10.5. The molecule has 0 saturated heterocycles. The summed E-state index contributed by atoms with van der Waals surface area (Å²) in [6.07, 6.45) is 22.4. The molecule has 0 fully saturated rings. The first kappa shape index (κ1) is 49.8. The summed E-state index contributed by atoms with van der Waals surface area (Å²) >= 11 is 0. The number of carbonyl (C=O) groups excluding carboxylic acids is 1. The highest BCUT2D eigenvalue weighted by Gasteiger charge is 2.28. The highest BCUT2D eigenvalue weighted by atomic mass is 16.6. The molecule has 0 saturated carbocycles. The second-order valence-electron chi connectivity index (χ2n) is 15.2. The Balaban J connectivity index is 0.927. The van der Waals surface area contributed by atoms with E-state index in [-0.39, 0.29) is 5.92 Å². The van der Waals surface area contributed by atoms with E-state index >= 15 is 0 Å². The van der Waals surface area contributed by atoms with Gasteiger partial charge in [-0.3, -0.25) is 0 Å². The van der Waals surface area contributed by atoms with Crippen molar-refractivity contribution in [3.63, 3.8) is 0 Å². The number of amides is 1. The van der Waals surface area contributed by atoms with E-state index in [2.05, 4.69) is 36.5 Å². The van der Waals surface area contributed by atoms with Crippen LogP contribution < -0.4 is 5.32 Å². The molecule has 3 rings (SSSR count). The standard InChI is InChI=1S/C48H79NO9/c1-2-3-4-5-6-7-8-9-10-11-12-13-14-15-16-21-28-51-30-32-53-34-36-55-38-40-57-41-39-56-37-35-54-33-31-52-29-22-27-49-48(50)58-42-47-45-25-19-17-23-43(45)44-24-18-20-26-46(44)47/h17-20,23-26,47H,2-16,21-22,27-42H2,1H3,(H,49,50).